The molecular weight excluding hydrogens is 911 g/mol. The number of rotatable bonds is 30. The summed E-state index contributed by atoms with van der Waals surface area (Å²) < 4.78 is 42.9. The van der Waals surface area contributed by atoms with Crippen molar-refractivity contribution in [3.05, 3.63) is 106 Å². The number of nitro benzene ring substituents is 1. The molecule has 0 radical (unpaired) electrons. The summed E-state index contributed by atoms with van der Waals surface area (Å²) in [6.07, 6.45) is 1.46. The molecule has 0 heterocycles. The number of Topliss-reactive ketones (excluding diaryl/α,β-unsaturated/α-hetero) is 1. The van der Waals surface area contributed by atoms with E-state index in [1.54, 1.807) is 43.3 Å². The molecule has 4 rings (SSSR count). The fourth-order valence-electron chi connectivity index (χ4n) is 6.93. The van der Waals surface area contributed by atoms with Gasteiger partial charge in [-0.05, 0) is 110 Å². The average Bonchev–Trinajstić information content (AvgIpc) is 3.32. The highest BCUT2D eigenvalue weighted by Crippen LogP contribution is 2.39. The first-order valence-corrected chi connectivity index (χ1v) is 24.1. The van der Waals surface area contributed by atoms with Crippen LogP contribution >= 0.6 is 0 Å². The topological polar surface area (TPSA) is 293 Å². The lowest BCUT2D eigenvalue weighted by atomic mass is 9.90. The van der Waals surface area contributed by atoms with E-state index in [1.807, 2.05) is 43.3 Å². The van der Waals surface area contributed by atoms with E-state index in [0.29, 0.717) is 37.2 Å². The molecule has 0 aliphatic carbocycles. The predicted octanol–water partition coefficient (Wildman–Crippen LogP) is 6.18. The lowest BCUT2D eigenvalue weighted by molar-refractivity contribution is -0.385. The summed E-state index contributed by atoms with van der Waals surface area (Å²) in [6, 6.07) is 22.0. The van der Waals surface area contributed by atoms with Crippen LogP contribution in [0.5, 0.6) is 17.2 Å². The van der Waals surface area contributed by atoms with Crippen LogP contribution in [0.2, 0.25) is 0 Å². The molecule has 20 nitrogen and oxygen atoms in total. The smallest absolute Gasteiger partial charge is 0.276 e. The Bertz CT molecular complexity index is 2480. The van der Waals surface area contributed by atoms with Gasteiger partial charge in [-0.3, -0.25) is 29.5 Å². The normalized spacial score (nSPS) is 12.2. The number of hydrogen-bond acceptors (Lipinski definition) is 15. The summed E-state index contributed by atoms with van der Waals surface area (Å²) >= 11 is 0. The van der Waals surface area contributed by atoms with Gasteiger partial charge < -0.3 is 46.3 Å². The van der Waals surface area contributed by atoms with Crippen LogP contribution in [0.1, 0.15) is 68.9 Å². The number of methoxy groups -OCH3 is 1. The van der Waals surface area contributed by atoms with E-state index in [4.69, 9.17) is 25.7 Å². The second-order valence-electron chi connectivity index (χ2n) is 16.3. The summed E-state index contributed by atoms with van der Waals surface area (Å²) in [4.78, 5) is 57.1. The van der Waals surface area contributed by atoms with E-state index in [2.05, 4.69) is 25.9 Å². The number of nitrogens with one attached hydrogen (secondary N) is 2. The summed E-state index contributed by atoms with van der Waals surface area (Å²) in [6.45, 7) is 2.37. The van der Waals surface area contributed by atoms with Crippen LogP contribution in [0.25, 0.3) is 0 Å². The Morgan fingerprint density at radius 2 is 1.52 bits per heavy atom. The number of carbonyl (C=O) groups is 3. The molecule has 4 aromatic carbocycles. The third-order valence-corrected chi connectivity index (χ3v) is 12.5. The number of amides is 2. The standard InChI is InChI=1S/C48H63N9O11S/c1-33(40-31-45(44(66-4)32-42(40)57(62)63)68-27-6-9-46(60)51-25-22-34-10-18-38(58)19-11-34)30-43(59)41(8-5-24-52-48(49)50)53-47(61)23-28-67-26-7-29-69(64,65)39-20-14-36(15-21-39)55-54-35-12-16-37(17-13-35)56(2)3/h10-21,31-33,41,58H,5-9,22-30H2,1-4H3,(H,51,60)(H,53,61)(H4,49,50,52). The third-order valence-electron chi connectivity index (χ3n) is 10.7. The van der Waals surface area contributed by atoms with Crippen molar-refractivity contribution in [1.29, 1.82) is 0 Å². The minimum atomic E-state index is -3.63. The number of aliphatic imine (C=N–C) groups is 1. The molecule has 0 aliphatic rings. The Morgan fingerprint density at radius 3 is 2.14 bits per heavy atom. The van der Waals surface area contributed by atoms with Gasteiger partial charge in [0.2, 0.25) is 11.8 Å². The van der Waals surface area contributed by atoms with E-state index in [-0.39, 0.29) is 115 Å². The Balaban J connectivity index is 1.27. The van der Waals surface area contributed by atoms with Crippen LogP contribution in [-0.2, 0) is 35.4 Å². The first-order chi connectivity index (χ1) is 32.9. The SMILES string of the molecule is COc1cc([N+](=O)[O-])c(C(C)CC(=O)C(CCCN=C(N)N)NC(=O)CCOCCCS(=O)(=O)c2ccc(N=Nc3ccc(N(C)C)cc3)cc2)cc1OCCCC(=O)NCCc1ccc(O)cc1. The average molecular weight is 974 g/mol. The Kier molecular flexibility index (Phi) is 21.8. The van der Waals surface area contributed by atoms with Crippen LogP contribution in [0.15, 0.2) is 105 Å². The highest BCUT2D eigenvalue weighted by Gasteiger charge is 2.28. The maximum absolute atomic E-state index is 13.8. The number of anilines is 1. The van der Waals surface area contributed by atoms with Gasteiger partial charge in [-0.1, -0.05) is 19.1 Å². The zero-order valence-corrected chi connectivity index (χ0v) is 40.3. The van der Waals surface area contributed by atoms with E-state index in [1.165, 1.54) is 31.4 Å². The van der Waals surface area contributed by atoms with Crippen molar-refractivity contribution in [3.63, 3.8) is 0 Å². The van der Waals surface area contributed by atoms with Crippen molar-refractivity contribution in [1.82, 2.24) is 10.6 Å². The molecule has 0 fully saturated rings. The van der Waals surface area contributed by atoms with Gasteiger partial charge in [-0.2, -0.15) is 10.2 Å². The second kappa shape index (κ2) is 27.6. The zero-order chi connectivity index (χ0) is 50.3. The van der Waals surface area contributed by atoms with E-state index in [9.17, 15) is 38.0 Å². The number of ketones is 1. The molecule has 0 saturated heterocycles. The van der Waals surface area contributed by atoms with Gasteiger partial charge in [-0.15, -0.1) is 0 Å². The zero-order valence-electron chi connectivity index (χ0n) is 39.5. The van der Waals surface area contributed by atoms with E-state index < -0.39 is 32.6 Å². The number of nitrogens with zero attached hydrogens (tertiary/aromatic N) is 5. The van der Waals surface area contributed by atoms with Gasteiger partial charge in [0.25, 0.3) is 5.69 Å². The number of hydrogen-bond donors (Lipinski definition) is 5. The summed E-state index contributed by atoms with van der Waals surface area (Å²) in [5, 5.41) is 35.7. The fraction of sp³-hybridized carbons (Fsp3) is 0.417. The number of carbonyl (C=O) groups excluding carboxylic acids is 3. The molecule has 7 N–H and O–H groups in total. The van der Waals surface area contributed by atoms with Gasteiger partial charge in [0.1, 0.15) is 5.75 Å². The molecule has 0 aliphatic heterocycles. The maximum atomic E-state index is 13.8. The molecule has 21 heteroatoms. The number of azo groups is 1. The molecule has 372 valence electrons. The Labute approximate surface area is 402 Å². The molecule has 69 heavy (non-hydrogen) atoms. The van der Waals surface area contributed by atoms with Crippen LogP contribution < -0.4 is 36.5 Å². The van der Waals surface area contributed by atoms with E-state index in [0.717, 1.165) is 11.3 Å². The lowest BCUT2D eigenvalue weighted by Crippen LogP contribution is -2.41. The number of phenols is 1. The van der Waals surface area contributed by atoms with Crippen LogP contribution in [0.4, 0.5) is 22.7 Å². The molecule has 2 unspecified atom stereocenters. The highest BCUT2D eigenvalue weighted by molar-refractivity contribution is 7.91. The van der Waals surface area contributed by atoms with Gasteiger partial charge >= 0.3 is 0 Å². The molecule has 0 saturated carbocycles. The summed E-state index contributed by atoms with van der Waals surface area (Å²) in [5.41, 5.74) is 14.0. The van der Waals surface area contributed by atoms with E-state index >= 15 is 0 Å². The predicted molar refractivity (Wildman–Crippen MR) is 263 cm³/mol. The van der Waals surface area contributed by atoms with Crippen molar-refractivity contribution in [2.24, 2.45) is 26.7 Å². The Hall–Kier alpha value is -7.13. The lowest BCUT2D eigenvalue weighted by Gasteiger charge is -2.21. The van der Waals surface area contributed by atoms with Crippen LogP contribution in [0.3, 0.4) is 0 Å². The quantitative estimate of drug-likeness (QED) is 0.00974. The molecule has 2 atom stereocenters. The Morgan fingerprint density at radius 1 is 0.855 bits per heavy atom. The van der Waals surface area contributed by atoms with Crippen LogP contribution in [0, 0.1) is 10.1 Å². The van der Waals surface area contributed by atoms with Crippen molar-refractivity contribution in [2.75, 3.05) is 64.8 Å². The van der Waals surface area contributed by atoms with Crippen molar-refractivity contribution < 1.29 is 47.0 Å². The number of phenolic OH excluding ortho intramolecular Hbond substituents is 1. The van der Waals surface area contributed by atoms with Crippen molar-refractivity contribution >= 4 is 56.1 Å². The molecule has 4 aromatic rings. The van der Waals surface area contributed by atoms with Crippen molar-refractivity contribution in [2.45, 2.75) is 75.1 Å². The fourth-order valence-corrected chi connectivity index (χ4v) is 8.21. The number of benzene rings is 4. The second-order valence-corrected chi connectivity index (χ2v) is 18.4. The largest absolute Gasteiger partial charge is 0.508 e. The van der Waals surface area contributed by atoms with Crippen molar-refractivity contribution in [3.8, 4) is 17.2 Å². The molecule has 0 aromatic heterocycles. The minimum Gasteiger partial charge on any atom is -0.508 e. The van der Waals surface area contributed by atoms with Gasteiger partial charge in [-0.25, -0.2) is 8.42 Å². The number of guanidine groups is 1. The summed E-state index contributed by atoms with van der Waals surface area (Å²) in [5.74, 6) is -1.63. The monoisotopic (exact) mass is 973 g/mol. The highest BCUT2D eigenvalue weighted by atomic mass is 32.2. The van der Waals surface area contributed by atoms with Gasteiger partial charge in [0, 0.05) is 64.3 Å². The van der Waals surface area contributed by atoms with Gasteiger partial charge in [0.05, 0.1) is 59.4 Å². The molecule has 2 amide bonds. The number of sulfone groups is 1. The van der Waals surface area contributed by atoms with Gasteiger partial charge in [0.15, 0.2) is 33.1 Å². The number of nitro groups is 1. The van der Waals surface area contributed by atoms with Crippen LogP contribution in [-0.4, -0.2) is 108 Å². The molecule has 0 spiro atoms. The number of ether oxygens (including phenoxy) is 3. The third kappa shape index (κ3) is 18.8. The summed E-state index contributed by atoms with van der Waals surface area (Å²) in [7, 11) is 1.59. The maximum Gasteiger partial charge on any atom is 0.276 e. The minimum absolute atomic E-state index is 0.0404. The molecule has 0 bridgehead atoms. The first-order valence-electron chi connectivity index (χ1n) is 22.5. The first kappa shape index (κ1) is 54.5. The number of aromatic hydroxyl groups is 1. The number of nitrogens with two attached hydrogens (primary N) is 2. The molecular formula is C48H63N9O11S.